The Hall–Kier alpha value is -1.70. The first-order valence-electron chi connectivity index (χ1n) is 5.26. The molecular formula is C15H18F2. The van der Waals surface area contributed by atoms with Gasteiger partial charge in [-0.3, -0.25) is 0 Å². The van der Waals surface area contributed by atoms with Crippen molar-refractivity contribution in [3.05, 3.63) is 72.4 Å². The molecule has 2 heteroatoms. The fourth-order valence-electron chi connectivity index (χ4n) is 0.927. The van der Waals surface area contributed by atoms with E-state index in [1.54, 1.807) is 26.0 Å². The van der Waals surface area contributed by atoms with Gasteiger partial charge in [0.25, 0.3) is 0 Å². The SMILES string of the molecule is C=C(C)/C=C\C(=C)C(=C)/C(F)=C(/F)C(=C)CC. The lowest BCUT2D eigenvalue weighted by molar-refractivity contribution is 0.554. The highest BCUT2D eigenvalue weighted by molar-refractivity contribution is 5.50. The van der Waals surface area contributed by atoms with Gasteiger partial charge < -0.3 is 0 Å². The molecule has 0 atom stereocenters. The molecule has 0 aliphatic heterocycles. The van der Waals surface area contributed by atoms with Gasteiger partial charge in [0.1, 0.15) is 0 Å². The Morgan fingerprint density at radius 2 is 1.53 bits per heavy atom. The molecule has 0 fully saturated rings. The third-order valence-corrected chi connectivity index (χ3v) is 2.15. The molecule has 0 aromatic carbocycles. The molecule has 0 aromatic rings. The molecule has 0 heterocycles. The average molecular weight is 236 g/mol. The van der Waals surface area contributed by atoms with Gasteiger partial charge >= 0.3 is 0 Å². The monoisotopic (exact) mass is 236 g/mol. The van der Waals surface area contributed by atoms with Gasteiger partial charge in [-0.25, -0.2) is 8.78 Å². The summed E-state index contributed by atoms with van der Waals surface area (Å²) >= 11 is 0. The van der Waals surface area contributed by atoms with Crippen LogP contribution in [0.1, 0.15) is 20.3 Å². The first kappa shape index (κ1) is 15.3. The van der Waals surface area contributed by atoms with Gasteiger partial charge in [-0.05, 0) is 24.5 Å². The predicted molar refractivity (Wildman–Crippen MR) is 70.9 cm³/mol. The fourth-order valence-corrected chi connectivity index (χ4v) is 0.927. The van der Waals surface area contributed by atoms with E-state index >= 15 is 0 Å². The van der Waals surface area contributed by atoms with Gasteiger partial charge in [0.15, 0.2) is 11.7 Å². The van der Waals surface area contributed by atoms with E-state index in [9.17, 15) is 8.78 Å². The molecular weight excluding hydrogens is 218 g/mol. The molecule has 0 unspecified atom stereocenters. The number of rotatable bonds is 6. The number of halogens is 2. The van der Waals surface area contributed by atoms with Crippen LogP contribution in [0.2, 0.25) is 0 Å². The summed E-state index contributed by atoms with van der Waals surface area (Å²) in [6.45, 7) is 17.7. The lowest BCUT2D eigenvalue weighted by Crippen LogP contribution is -1.91. The predicted octanol–water partition coefficient (Wildman–Crippen LogP) is 5.35. The van der Waals surface area contributed by atoms with Gasteiger partial charge in [-0.1, -0.05) is 51.0 Å². The van der Waals surface area contributed by atoms with Gasteiger partial charge in [-0.2, -0.15) is 0 Å². The topological polar surface area (TPSA) is 0 Å². The number of hydrogen-bond donors (Lipinski definition) is 0. The van der Waals surface area contributed by atoms with Crippen molar-refractivity contribution in [2.45, 2.75) is 20.3 Å². The van der Waals surface area contributed by atoms with Crippen molar-refractivity contribution < 1.29 is 8.78 Å². The zero-order valence-electron chi connectivity index (χ0n) is 10.4. The first-order chi connectivity index (χ1) is 7.81. The second-order valence-electron chi connectivity index (χ2n) is 3.77. The van der Waals surface area contributed by atoms with Crippen molar-refractivity contribution >= 4 is 0 Å². The first-order valence-corrected chi connectivity index (χ1v) is 5.26. The third-order valence-electron chi connectivity index (χ3n) is 2.15. The quantitative estimate of drug-likeness (QED) is 0.545. The summed E-state index contributed by atoms with van der Waals surface area (Å²) in [7, 11) is 0. The summed E-state index contributed by atoms with van der Waals surface area (Å²) in [4.78, 5) is 0. The molecule has 92 valence electrons. The summed E-state index contributed by atoms with van der Waals surface area (Å²) in [5.41, 5.74) is 1.14. The standard InChI is InChI=1S/C15H18F2/c1-7-11(4)14(16)15(17)13(6)12(5)9-8-10(2)3/h8-9H,2,4-7H2,1,3H3/b9-8-,15-14-. The highest BCUT2D eigenvalue weighted by Gasteiger charge is 2.13. The van der Waals surface area contributed by atoms with Crippen molar-refractivity contribution in [3.63, 3.8) is 0 Å². The van der Waals surface area contributed by atoms with Crippen LogP contribution in [-0.4, -0.2) is 0 Å². The van der Waals surface area contributed by atoms with Crippen LogP contribution in [0, 0.1) is 0 Å². The van der Waals surface area contributed by atoms with Crippen LogP contribution in [0.3, 0.4) is 0 Å². The maximum absolute atomic E-state index is 13.6. The van der Waals surface area contributed by atoms with Crippen molar-refractivity contribution in [3.8, 4) is 0 Å². The molecule has 0 N–H and O–H groups in total. The lowest BCUT2D eigenvalue weighted by atomic mass is 10.0. The van der Waals surface area contributed by atoms with E-state index in [1.807, 2.05) is 0 Å². The molecule has 0 bridgehead atoms. The number of hydrogen-bond acceptors (Lipinski definition) is 0. The molecule has 0 aliphatic carbocycles. The summed E-state index contributed by atoms with van der Waals surface area (Å²) in [6, 6.07) is 0. The Morgan fingerprint density at radius 3 is 1.94 bits per heavy atom. The Bertz CT molecular complexity index is 420. The zero-order valence-corrected chi connectivity index (χ0v) is 10.4. The van der Waals surface area contributed by atoms with Crippen LogP contribution < -0.4 is 0 Å². The summed E-state index contributed by atoms with van der Waals surface area (Å²) in [6.07, 6.45) is 3.56. The Balaban J connectivity index is 5.01. The normalized spacial score (nSPS) is 12.2. The van der Waals surface area contributed by atoms with Gasteiger partial charge in [0, 0.05) is 5.57 Å². The van der Waals surface area contributed by atoms with Gasteiger partial charge in [0.05, 0.1) is 0 Å². The van der Waals surface area contributed by atoms with Crippen LogP contribution in [0.25, 0.3) is 0 Å². The van der Waals surface area contributed by atoms with Gasteiger partial charge in [-0.15, -0.1) is 0 Å². The van der Waals surface area contributed by atoms with Crippen LogP contribution in [0.4, 0.5) is 8.78 Å². The van der Waals surface area contributed by atoms with E-state index in [0.717, 1.165) is 5.57 Å². The van der Waals surface area contributed by atoms with Crippen molar-refractivity contribution in [2.24, 2.45) is 0 Å². The largest absolute Gasteiger partial charge is 0.203 e. The molecule has 0 nitrogen and oxygen atoms in total. The molecule has 0 radical (unpaired) electrons. The van der Waals surface area contributed by atoms with Crippen LogP contribution in [-0.2, 0) is 0 Å². The second kappa shape index (κ2) is 6.79. The zero-order chi connectivity index (χ0) is 13.6. The number of allylic oxidation sites excluding steroid dienone is 8. The fraction of sp³-hybridized carbons (Fsp3) is 0.200. The minimum absolute atomic E-state index is 0.0744. The van der Waals surface area contributed by atoms with Crippen LogP contribution in [0.15, 0.2) is 72.4 Å². The molecule has 0 saturated heterocycles. The Kier molecular flexibility index (Phi) is 6.11. The molecule has 17 heavy (non-hydrogen) atoms. The molecule has 0 amide bonds. The Labute approximate surface area is 102 Å². The highest BCUT2D eigenvalue weighted by atomic mass is 19.2. The van der Waals surface area contributed by atoms with Crippen molar-refractivity contribution in [2.75, 3.05) is 0 Å². The van der Waals surface area contributed by atoms with E-state index in [4.69, 9.17) is 0 Å². The molecule has 0 rings (SSSR count). The summed E-state index contributed by atoms with van der Waals surface area (Å²) in [5, 5.41) is 0. The minimum atomic E-state index is -1.01. The maximum Gasteiger partial charge on any atom is 0.166 e. The van der Waals surface area contributed by atoms with Gasteiger partial charge in [0.2, 0.25) is 0 Å². The summed E-state index contributed by atoms with van der Waals surface area (Å²) < 4.78 is 27.1. The molecule has 0 saturated carbocycles. The van der Waals surface area contributed by atoms with E-state index in [0.29, 0.717) is 12.0 Å². The van der Waals surface area contributed by atoms with Crippen LogP contribution in [0.5, 0.6) is 0 Å². The summed E-state index contributed by atoms with van der Waals surface area (Å²) in [5.74, 6) is -1.96. The lowest BCUT2D eigenvalue weighted by Gasteiger charge is -2.06. The van der Waals surface area contributed by atoms with E-state index in [2.05, 4.69) is 26.3 Å². The van der Waals surface area contributed by atoms with Crippen molar-refractivity contribution in [1.82, 2.24) is 0 Å². The molecule has 0 aliphatic rings. The van der Waals surface area contributed by atoms with E-state index in [-0.39, 0.29) is 11.1 Å². The van der Waals surface area contributed by atoms with Crippen molar-refractivity contribution in [1.29, 1.82) is 0 Å². The minimum Gasteiger partial charge on any atom is -0.203 e. The molecule has 0 spiro atoms. The second-order valence-corrected chi connectivity index (χ2v) is 3.77. The van der Waals surface area contributed by atoms with E-state index < -0.39 is 11.7 Å². The van der Waals surface area contributed by atoms with E-state index in [1.165, 1.54) is 0 Å². The maximum atomic E-state index is 13.6. The Morgan fingerprint density at radius 1 is 1.00 bits per heavy atom. The van der Waals surface area contributed by atoms with Crippen LogP contribution >= 0.6 is 0 Å². The third kappa shape index (κ3) is 4.77. The highest BCUT2D eigenvalue weighted by Crippen LogP contribution is 2.27. The molecule has 0 aromatic heterocycles. The average Bonchev–Trinajstić information content (AvgIpc) is 2.31. The smallest absolute Gasteiger partial charge is 0.166 e.